The highest BCUT2D eigenvalue weighted by Crippen LogP contribution is 2.46. The van der Waals surface area contributed by atoms with Gasteiger partial charge in [-0.2, -0.15) is 0 Å². The van der Waals surface area contributed by atoms with E-state index in [0.29, 0.717) is 35.5 Å². The highest BCUT2D eigenvalue weighted by molar-refractivity contribution is 7.16. The number of hydrogen-bond donors (Lipinski definition) is 2. The predicted molar refractivity (Wildman–Crippen MR) is 105 cm³/mol. The standard InChI is InChI=1S/C20H19N3O3S/c1-25-15-9-5-8-13(17(15)26-11-12-6-3-2-4-7-12)14-10-16(24)22-19-18(14)27-20(21)23-19/h2-9,14H,10-11H2,1H3,(H2,21,23)(H,22,24). The molecule has 138 valence electrons. The van der Waals surface area contributed by atoms with Crippen LogP contribution in [0.3, 0.4) is 0 Å². The van der Waals surface area contributed by atoms with Crippen LogP contribution in [-0.2, 0) is 11.4 Å². The van der Waals surface area contributed by atoms with Gasteiger partial charge in [-0.15, -0.1) is 0 Å². The molecule has 4 rings (SSSR count). The molecule has 1 aliphatic rings. The SMILES string of the molecule is COc1cccc(C2CC(=O)Nc3nc(N)sc32)c1OCc1ccccc1. The molecule has 0 saturated heterocycles. The second-order valence-corrected chi connectivity index (χ2v) is 7.28. The Morgan fingerprint density at radius 1 is 1.22 bits per heavy atom. The van der Waals surface area contributed by atoms with Gasteiger partial charge in [-0.3, -0.25) is 4.79 Å². The lowest BCUT2D eigenvalue weighted by atomic mass is 9.90. The van der Waals surface area contributed by atoms with Gasteiger partial charge < -0.3 is 20.5 Å². The fourth-order valence-corrected chi connectivity index (χ4v) is 4.15. The van der Waals surface area contributed by atoms with E-state index in [4.69, 9.17) is 15.2 Å². The van der Waals surface area contributed by atoms with Crippen molar-refractivity contribution in [3.63, 3.8) is 0 Å². The van der Waals surface area contributed by atoms with E-state index in [9.17, 15) is 4.79 Å². The topological polar surface area (TPSA) is 86.5 Å². The van der Waals surface area contributed by atoms with Crippen molar-refractivity contribution in [2.75, 3.05) is 18.2 Å². The summed E-state index contributed by atoms with van der Waals surface area (Å²) in [6.45, 7) is 0.408. The van der Waals surface area contributed by atoms with Gasteiger partial charge in [0.2, 0.25) is 5.91 Å². The normalized spacial score (nSPS) is 15.7. The Kier molecular flexibility index (Phi) is 4.68. The number of anilines is 2. The number of ether oxygens (including phenoxy) is 2. The van der Waals surface area contributed by atoms with E-state index in [1.54, 1.807) is 7.11 Å². The third-order valence-corrected chi connectivity index (χ3v) is 5.46. The zero-order valence-electron chi connectivity index (χ0n) is 14.8. The number of nitrogens with two attached hydrogens (primary N) is 1. The molecule has 0 fully saturated rings. The van der Waals surface area contributed by atoms with Crippen LogP contribution in [0.1, 0.15) is 28.3 Å². The van der Waals surface area contributed by atoms with Crippen molar-refractivity contribution in [1.29, 1.82) is 0 Å². The summed E-state index contributed by atoms with van der Waals surface area (Å²) in [5.41, 5.74) is 7.82. The van der Waals surface area contributed by atoms with Crippen molar-refractivity contribution in [3.05, 3.63) is 64.5 Å². The predicted octanol–water partition coefficient (Wildman–Crippen LogP) is 3.79. The van der Waals surface area contributed by atoms with Gasteiger partial charge in [-0.05, 0) is 11.6 Å². The van der Waals surface area contributed by atoms with Crippen LogP contribution < -0.4 is 20.5 Å². The summed E-state index contributed by atoms with van der Waals surface area (Å²) in [6, 6.07) is 15.6. The van der Waals surface area contributed by atoms with Gasteiger partial charge in [-0.1, -0.05) is 53.8 Å². The van der Waals surface area contributed by atoms with E-state index in [1.807, 2.05) is 48.5 Å². The number of carbonyl (C=O) groups excluding carboxylic acids is 1. The number of fused-ring (bicyclic) bond motifs is 1. The summed E-state index contributed by atoms with van der Waals surface area (Å²) in [5.74, 6) is 1.55. The minimum atomic E-state index is -0.176. The van der Waals surface area contributed by atoms with Crippen LogP contribution in [0.2, 0.25) is 0 Å². The molecule has 3 N–H and O–H groups in total. The maximum atomic E-state index is 12.2. The van der Waals surface area contributed by atoms with Crippen LogP contribution in [0.5, 0.6) is 11.5 Å². The van der Waals surface area contributed by atoms with Crippen LogP contribution in [0.15, 0.2) is 48.5 Å². The number of rotatable bonds is 5. The number of benzene rings is 2. The Morgan fingerprint density at radius 2 is 2.04 bits per heavy atom. The summed E-state index contributed by atoms with van der Waals surface area (Å²) in [7, 11) is 1.61. The number of thiazole rings is 1. The molecule has 6 nitrogen and oxygen atoms in total. The van der Waals surface area contributed by atoms with Crippen molar-refractivity contribution < 1.29 is 14.3 Å². The number of methoxy groups -OCH3 is 1. The molecule has 0 bridgehead atoms. The number of amides is 1. The smallest absolute Gasteiger partial charge is 0.226 e. The van der Waals surface area contributed by atoms with Gasteiger partial charge in [-0.25, -0.2) is 4.98 Å². The molecule has 1 unspecified atom stereocenters. The molecule has 0 spiro atoms. The van der Waals surface area contributed by atoms with Gasteiger partial charge in [0.1, 0.15) is 12.4 Å². The van der Waals surface area contributed by atoms with E-state index in [1.165, 1.54) is 11.3 Å². The van der Waals surface area contributed by atoms with Crippen molar-refractivity contribution in [1.82, 2.24) is 4.98 Å². The molecule has 1 aliphatic heterocycles. The number of para-hydroxylation sites is 1. The molecule has 3 aromatic rings. The van der Waals surface area contributed by atoms with Gasteiger partial charge in [0, 0.05) is 17.9 Å². The summed E-state index contributed by atoms with van der Waals surface area (Å²) < 4.78 is 11.7. The molecular formula is C20H19N3O3S. The van der Waals surface area contributed by atoms with E-state index >= 15 is 0 Å². The fraction of sp³-hybridized carbons (Fsp3) is 0.200. The maximum Gasteiger partial charge on any atom is 0.226 e. The lowest BCUT2D eigenvalue weighted by Crippen LogP contribution is -2.23. The average Bonchev–Trinajstić information content (AvgIpc) is 3.06. The van der Waals surface area contributed by atoms with Crippen molar-refractivity contribution in [2.45, 2.75) is 18.9 Å². The number of carbonyl (C=O) groups is 1. The summed E-state index contributed by atoms with van der Waals surface area (Å²) in [4.78, 5) is 17.4. The Balaban J connectivity index is 1.73. The fourth-order valence-electron chi connectivity index (χ4n) is 3.24. The third-order valence-electron chi connectivity index (χ3n) is 4.46. The molecule has 1 amide bonds. The molecule has 0 aliphatic carbocycles. The summed E-state index contributed by atoms with van der Waals surface area (Å²) >= 11 is 1.39. The lowest BCUT2D eigenvalue weighted by molar-refractivity contribution is -0.116. The monoisotopic (exact) mass is 381 g/mol. The van der Waals surface area contributed by atoms with E-state index in [0.717, 1.165) is 16.0 Å². The number of nitrogens with zero attached hydrogens (tertiary/aromatic N) is 1. The molecule has 2 heterocycles. The average molecular weight is 381 g/mol. The molecular weight excluding hydrogens is 362 g/mol. The number of hydrogen-bond acceptors (Lipinski definition) is 6. The van der Waals surface area contributed by atoms with Crippen LogP contribution in [0.4, 0.5) is 10.9 Å². The van der Waals surface area contributed by atoms with Crippen LogP contribution in [0.25, 0.3) is 0 Å². The first-order valence-corrected chi connectivity index (χ1v) is 9.37. The maximum absolute atomic E-state index is 12.2. The Labute approximate surface area is 161 Å². The van der Waals surface area contributed by atoms with Gasteiger partial charge in [0.05, 0.1) is 12.0 Å². The van der Waals surface area contributed by atoms with Crippen molar-refractivity contribution in [3.8, 4) is 11.5 Å². The molecule has 0 saturated carbocycles. The van der Waals surface area contributed by atoms with Gasteiger partial charge in [0.15, 0.2) is 16.6 Å². The second-order valence-electron chi connectivity index (χ2n) is 6.22. The molecule has 7 heteroatoms. The highest BCUT2D eigenvalue weighted by Gasteiger charge is 2.32. The van der Waals surface area contributed by atoms with Crippen LogP contribution >= 0.6 is 11.3 Å². The van der Waals surface area contributed by atoms with Gasteiger partial charge >= 0.3 is 0 Å². The first-order chi connectivity index (χ1) is 13.2. The minimum Gasteiger partial charge on any atom is -0.493 e. The summed E-state index contributed by atoms with van der Waals surface area (Å²) in [6.07, 6.45) is 0.309. The van der Waals surface area contributed by atoms with E-state index < -0.39 is 0 Å². The van der Waals surface area contributed by atoms with Crippen molar-refractivity contribution >= 4 is 28.2 Å². The Bertz CT molecular complexity index is 972. The zero-order chi connectivity index (χ0) is 18.8. The molecule has 27 heavy (non-hydrogen) atoms. The lowest BCUT2D eigenvalue weighted by Gasteiger charge is -2.24. The first kappa shape index (κ1) is 17.4. The molecule has 1 atom stereocenters. The van der Waals surface area contributed by atoms with Crippen LogP contribution in [0, 0.1) is 0 Å². The Hall–Kier alpha value is -3.06. The van der Waals surface area contributed by atoms with Gasteiger partial charge in [0.25, 0.3) is 0 Å². The van der Waals surface area contributed by atoms with Crippen LogP contribution in [-0.4, -0.2) is 18.0 Å². The number of nitrogen functional groups attached to an aromatic ring is 1. The molecule has 0 radical (unpaired) electrons. The number of nitrogens with one attached hydrogen (secondary N) is 1. The summed E-state index contributed by atoms with van der Waals surface area (Å²) in [5, 5.41) is 3.23. The van der Waals surface area contributed by atoms with E-state index in [-0.39, 0.29) is 11.8 Å². The third kappa shape index (κ3) is 3.46. The quantitative estimate of drug-likeness (QED) is 0.702. The minimum absolute atomic E-state index is 0.0883. The second kappa shape index (κ2) is 7.28. The largest absolute Gasteiger partial charge is 0.493 e. The highest BCUT2D eigenvalue weighted by atomic mass is 32.1. The van der Waals surface area contributed by atoms with E-state index in [2.05, 4.69) is 10.3 Å². The first-order valence-electron chi connectivity index (χ1n) is 8.55. The molecule has 2 aromatic carbocycles. The Morgan fingerprint density at radius 3 is 2.81 bits per heavy atom. The van der Waals surface area contributed by atoms with Crippen molar-refractivity contribution in [2.24, 2.45) is 0 Å². The molecule has 1 aromatic heterocycles. The zero-order valence-corrected chi connectivity index (χ0v) is 15.6. The number of aromatic nitrogens is 1.